The number of ether oxygens (including phenoxy) is 1. The number of aromatic nitrogens is 6. The van der Waals surface area contributed by atoms with Crippen LogP contribution in [-0.4, -0.2) is 49.0 Å². The monoisotopic (exact) mass is 488 g/mol. The largest absolute Gasteiger partial charge is 0.450 e. The standard InChI is InChI=1S/C24H24N8O4/c1-2-36-24(35)26-18-8-5-6-16(12-18)15-32-23(34)11-10-20(29-32)19-9-4-3-7-17(19)14-25-22(33)13-21-27-30-31-28-21/h3-12H,2,13-15H2,1H3,(H,25,33)(H,26,35)(H,27,28,30,31). The van der Waals surface area contributed by atoms with Crippen molar-refractivity contribution in [2.24, 2.45) is 0 Å². The van der Waals surface area contributed by atoms with E-state index in [1.54, 1.807) is 31.2 Å². The van der Waals surface area contributed by atoms with Gasteiger partial charge in [-0.05, 0) is 36.2 Å². The molecule has 0 bridgehead atoms. The lowest BCUT2D eigenvalue weighted by atomic mass is 10.0. The van der Waals surface area contributed by atoms with Crippen LogP contribution in [0.2, 0.25) is 0 Å². The molecular formula is C24H24N8O4. The van der Waals surface area contributed by atoms with E-state index in [1.165, 1.54) is 10.7 Å². The summed E-state index contributed by atoms with van der Waals surface area (Å²) >= 11 is 0. The first-order chi connectivity index (χ1) is 17.5. The van der Waals surface area contributed by atoms with Crippen LogP contribution in [-0.2, 0) is 29.0 Å². The van der Waals surface area contributed by atoms with Crippen molar-refractivity contribution < 1.29 is 14.3 Å². The quantitative estimate of drug-likeness (QED) is 0.322. The van der Waals surface area contributed by atoms with Crippen LogP contribution in [0.15, 0.2) is 65.5 Å². The highest BCUT2D eigenvalue weighted by Crippen LogP contribution is 2.21. The highest BCUT2D eigenvalue weighted by molar-refractivity contribution is 5.84. The minimum atomic E-state index is -0.548. The molecule has 2 heterocycles. The Labute approximate surface area is 205 Å². The SMILES string of the molecule is CCOC(=O)Nc1cccc(Cn2nc(-c3ccccc3CNC(=O)Cc3nn[nH]n3)ccc2=O)c1. The summed E-state index contributed by atoms with van der Waals surface area (Å²) in [5.41, 5.74) is 3.25. The van der Waals surface area contributed by atoms with Gasteiger partial charge in [0.2, 0.25) is 5.91 Å². The molecule has 0 radical (unpaired) electrons. The Kier molecular flexibility index (Phi) is 7.76. The van der Waals surface area contributed by atoms with Crippen LogP contribution in [0.3, 0.4) is 0 Å². The Morgan fingerprint density at radius 1 is 1.08 bits per heavy atom. The molecule has 0 saturated heterocycles. The van der Waals surface area contributed by atoms with Crippen LogP contribution in [0, 0.1) is 0 Å². The number of carbonyl (C=O) groups excluding carboxylic acids is 2. The third-order valence-electron chi connectivity index (χ3n) is 5.12. The summed E-state index contributed by atoms with van der Waals surface area (Å²) in [6.07, 6.45) is -0.542. The van der Waals surface area contributed by atoms with Crippen LogP contribution in [0.5, 0.6) is 0 Å². The minimum absolute atomic E-state index is 0.00584. The highest BCUT2D eigenvalue weighted by Gasteiger charge is 2.12. The summed E-state index contributed by atoms with van der Waals surface area (Å²) in [6, 6.07) is 17.7. The van der Waals surface area contributed by atoms with Gasteiger partial charge in [0.05, 0.1) is 25.3 Å². The van der Waals surface area contributed by atoms with Gasteiger partial charge in [0.15, 0.2) is 5.82 Å². The van der Waals surface area contributed by atoms with Gasteiger partial charge < -0.3 is 10.1 Å². The molecule has 0 aliphatic carbocycles. The molecule has 36 heavy (non-hydrogen) atoms. The predicted molar refractivity (Wildman–Crippen MR) is 130 cm³/mol. The zero-order valence-corrected chi connectivity index (χ0v) is 19.5. The molecule has 2 aromatic carbocycles. The summed E-state index contributed by atoms with van der Waals surface area (Å²) in [4.78, 5) is 36.5. The molecule has 2 aromatic heterocycles. The lowest BCUT2D eigenvalue weighted by Crippen LogP contribution is -2.26. The van der Waals surface area contributed by atoms with E-state index >= 15 is 0 Å². The second-order valence-corrected chi connectivity index (χ2v) is 7.70. The first kappa shape index (κ1) is 24.3. The summed E-state index contributed by atoms with van der Waals surface area (Å²) in [6.45, 7) is 2.45. The second kappa shape index (κ2) is 11.5. The van der Waals surface area contributed by atoms with Gasteiger partial charge in [-0.2, -0.15) is 10.3 Å². The van der Waals surface area contributed by atoms with Gasteiger partial charge in [0, 0.05) is 23.9 Å². The second-order valence-electron chi connectivity index (χ2n) is 7.70. The number of tetrazole rings is 1. The fourth-order valence-corrected chi connectivity index (χ4v) is 3.49. The topological polar surface area (TPSA) is 157 Å². The van der Waals surface area contributed by atoms with Crippen molar-refractivity contribution in [3.63, 3.8) is 0 Å². The maximum absolute atomic E-state index is 12.5. The molecule has 4 aromatic rings. The summed E-state index contributed by atoms with van der Waals surface area (Å²) in [5.74, 6) is 0.0523. The Bertz CT molecular complexity index is 1400. The zero-order valence-electron chi connectivity index (χ0n) is 19.5. The molecule has 2 amide bonds. The molecule has 0 unspecified atom stereocenters. The van der Waals surface area contributed by atoms with Crippen molar-refractivity contribution in [3.05, 3.63) is 88.0 Å². The average molecular weight is 489 g/mol. The zero-order chi connectivity index (χ0) is 25.3. The molecule has 184 valence electrons. The number of rotatable bonds is 9. The van der Waals surface area contributed by atoms with Crippen LogP contribution >= 0.6 is 0 Å². The number of anilines is 1. The van der Waals surface area contributed by atoms with E-state index in [9.17, 15) is 14.4 Å². The van der Waals surface area contributed by atoms with E-state index in [-0.39, 0.29) is 37.6 Å². The number of aromatic amines is 1. The number of carbonyl (C=O) groups is 2. The Hall–Kier alpha value is -4.87. The molecule has 0 saturated carbocycles. The Balaban J connectivity index is 1.50. The molecule has 3 N–H and O–H groups in total. The fourth-order valence-electron chi connectivity index (χ4n) is 3.49. The molecule has 0 atom stereocenters. The van der Waals surface area contributed by atoms with Gasteiger partial charge in [-0.3, -0.25) is 14.9 Å². The van der Waals surface area contributed by atoms with Crippen molar-refractivity contribution in [1.82, 2.24) is 35.7 Å². The van der Waals surface area contributed by atoms with Gasteiger partial charge in [-0.1, -0.05) is 41.6 Å². The van der Waals surface area contributed by atoms with E-state index in [4.69, 9.17) is 4.74 Å². The number of H-pyrrole nitrogens is 1. The average Bonchev–Trinajstić information content (AvgIpc) is 3.38. The first-order valence-corrected chi connectivity index (χ1v) is 11.2. The number of hydrogen-bond donors (Lipinski definition) is 3. The molecule has 0 spiro atoms. The predicted octanol–water partition coefficient (Wildman–Crippen LogP) is 1.90. The number of nitrogens with zero attached hydrogens (tertiary/aromatic N) is 5. The summed E-state index contributed by atoms with van der Waals surface area (Å²) in [5, 5.41) is 23.4. The van der Waals surface area contributed by atoms with E-state index in [0.29, 0.717) is 17.2 Å². The first-order valence-electron chi connectivity index (χ1n) is 11.2. The maximum atomic E-state index is 12.5. The Morgan fingerprint density at radius 2 is 1.94 bits per heavy atom. The third-order valence-corrected chi connectivity index (χ3v) is 5.12. The van der Waals surface area contributed by atoms with Crippen molar-refractivity contribution in [1.29, 1.82) is 0 Å². The lowest BCUT2D eigenvalue weighted by Gasteiger charge is -2.12. The van der Waals surface area contributed by atoms with Crippen LogP contribution in [0.1, 0.15) is 23.9 Å². The van der Waals surface area contributed by atoms with Gasteiger partial charge in [-0.15, -0.1) is 10.2 Å². The van der Waals surface area contributed by atoms with Gasteiger partial charge in [-0.25, -0.2) is 9.48 Å². The van der Waals surface area contributed by atoms with E-state index in [1.807, 2.05) is 30.3 Å². The number of amides is 2. The van der Waals surface area contributed by atoms with Crippen LogP contribution in [0.4, 0.5) is 10.5 Å². The Morgan fingerprint density at radius 3 is 2.75 bits per heavy atom. The molecule has 12 nitrogen and oxygen atoms in total. The normalized spacial score (nSPS) is 10.6. The number of hydrogen-bond acceptors (Lipinski definition) is 8. The molecule has 0 aliphatic heterocycles. The molecule has 4 rings (SSSR count). The van der Waals surface area contributed by atoms with Gasteiger partial charge in [0.1, 0.15) is 0 Å². The lowest BCUT2D eigenvalue weighted by molar-refractivity contribution is -0.120. The molecule has 12 heteroatoms. The van der Waals surface area contributed by atoms with Crippen LogP contribution < -0.4 is 16.2 Å². The van der Waals surface area contributed by atoms with E-state index in [0.717, 1.165) is 16.7 Å². The van der Waals surface area contributed by atoms with Gasteiger partial charge in [0.25, 0.3) is 5.56 Å². The fraction of sp³-hybridized carbons (Fsp3) is 0.208. The maximum Gasteiger partial charge on any atom is 0.411 e. The minimum Gasteiger partial charge on any atom is -0.450 e. The number of benzene rings is 2. The smallest absolute Gasteiger partial charge is 0.411 e. The van der Waals surface area contributed by atoms with E-state index in [2.05, 4.69) is 36.4 Å². The third kappa shape index (κ3) is 6.38. The summed E-state index contributed by atoms with van der Waals surface area (Å²) in [7, 11) is 0. The van der Waals surface area contributed by atoms with E-state index < -0.39 is 6.09 Å². The van der Waals surface area contributed by atoms with Crippen molar-refractivity contribution in [2.75, 3.05) is 11.9 Å². The van der Waals surface area contributed by atoms with Gasteiger partial charge >= 0.3 is 6.09 Å². The van der Waals surface area contributed by atoms with Crippen LogP contribution in [0.25, 0.3) is 11.3 Å². The number of nitrogens with one attached hydrogen (secondary N) is 3. The van der Waals surface area contributed by atoms with Crippen molar-refractivity contribution >= 4 is 17.7 Å². The molecule has 0 fully saturated rings. The molecular weight excluding hydrogens is 464 g/mol. The highest BCUT2D eigenvalue weighted by atomic mass is 16.5. The van der Waals surface area contributed by atoms with Crippen molar-refractivity contribution in [3.8, 4) is 11.3 Å². The van der Waals surface area contributed by atoms with Crippen molar-refractivity contribution in [2.45, 2.75) is 26.4 Å². The summed E-state index contributed by atoms with van der Waals surface area (Å²) < 4.78 is 6.26. The molecule has 0 aliphatic rings.